The Morgan fingerprint density at radius 3 is 2.29 bits per heavy atom. The predicted octanol–water partition coefficient (Wildman–Crippen LogP) is 5.92. The second kappa shape index (κ2) is 28.0. The summed E-state index contributed by atoms with van der Waals surface area (Å²) in [5.74, 6) is 2.63. The fourth-order valence-electron chi connectivity index (χ4n) is 11.6. The Kier molecular flexibility index (Phi) is 19.8. The van der Waals surface area contributed by atoms with Gasteiger partial charge in [0.25, 0.3) is 5.56 Å². The van der Waals surface area contributed by atoms with Crippen molar-refractivity contribution in [1.82, 2.24) is 30.8 Å². The highest BCUT2D eigenvalue weighted by molar-refractivity contribution is 5.99. The summed E-state index contributed by atoms with van der Waals surface area (Å²) in [4.78, 5) is 112. The summed E-state index contributed by atoms with van der Waals surface area (Å²) in [6.07, 6.45) is 0.0727. The molecule has 22 nitrogen and oxygen atoms in total. The molecule has 6 amide bonds. The smallest absolute Gasteiger partial charge is 0.407 e. The first-order valence-electron chi connectivity index (χ1n) is 30.1. The molecule has 2 aromatic heterocycles. The summed E-state index contributed by atoms with van der Waals surface area (Å²) in [6.45, 7) is 9.16. The number of aromatic nitrogens is 2. The van der Waals surface area contributed by atoms with Gasteiger partial charge >= 0.3 is 12.1 Å². The molecule has 0 saturated heterocycles. The van der Waals surface area contributed by atoms with Crippen molar-refractivity contribution in [2.24, 2.45) is 5.92 Å². The zero-order chi connectivity index (χ0) is 63.8. The van der Waals surface area contributed by atoms with Crippen LogP contribution in [0.1, 0.15) is 115 Å². The minimum Gasteiger partial charge on any atom is -0.458 e. The van der Waals surface area contributed by atoms with E-state index in [9.17, 15) is 43.5 Å². The van der Waals surface area contributed by atoms with E-state index in [0.717, 1.165) is 22.3 Å². The molecule has 0 spiro atoms. The number of alkyl carbamates (subject to hydrolysis) is 1. The molecule has 90 heavy (non-hydrogen) atoms. The number of para-hydroxylation sites is 1. The number of hydrogen-bond acceptors (Lipinski definition) is 15. The molecule has 23 heteroatoms. The summed E-state index contributed by atoms with van der Waals surface area (Å²) in [5, 5.41) is 25.9. The summed E-state index contributed by atoms with van der Waals surface area (Å²) in [5.41, 5.74) is 5.62. The number of carbonyl (C=O) groups is 7. The molecule has 6 N–H and O–H groups in total. The van der Waals surface area contributed by atoms with Gasteiger partial charge in [-0.25, -0.2) is 19.0 Å². The lowest BCUT2D eigenvalue weighted by Gasteiger charge is -2.31. The number of benzene rings is 4. The molecule has 10 rings (SSSR count). The van der Waals surface area contributed by atoms with Crippen molar-refractivity contribution in [3.05, 3.63) is 157 Å². The zero-order valence-electron chi connectivity index (χ0n) is 50.7. The van der Waals surface area contributed by atoms with Crippen LogP contribution in [-0.4, -0.2) is 115 Å². The van der Waals surface area contributed by atoms with E-state index in [1.54, 1.807) is 62.9 Å². The number of esters is 1. The highest BCUT2D eigenvalue weighted by atomic mass is 19.1. The topological polar surface area (TPSA) is 284 Å². The lowest BCUT2D eigenvalue weighted by Crippen LogP contribution is -2.54. The molecule has 470 valence electrons. The first-order chi connectivity index (χ1) is 43.3. The minimum absolute atomic E-state index is 0.0137. The maximum absolute atomic E-state index is 15.4. The van der Waals surface area contributed by atoms with Gasteiger partial charge in [0.05, 0.1) is 80.3 Å². The van der Waals surface area contributed by atoms with E-state index >= 15 is 4.39 Å². The number of aliphatic hydroxyl groups is 1. The highest BCUT2D eigenvalue weighted by Crippen LogP contribution is 2.46. The van der Waals surface area contributed by atoms with Crippen LogP contribution in [-0.2, 0) is 90.8 Å². The maximum Gasteiger partial charge on any atom is 0.407 e. The van der Waals surface area contributed by atoms with Gasteiger partial charge in [0, 0.05) is 58.8 Å². The molecular formula is C67H71FN8O14. The first kappa shape index (κ1) is 63.7. The van der Waals surface area contributed by atoms with Crippen LogP contribution < -0.4 is 37.0 Å². The van der Waals surface area contributed by atoms with Gasteiger partial charge in [-0.1, -0.05) is 75.1 Å². The maximum atomic E-state index is 15.4. The van der Waals surface area contributed by atoms with Gasteiger partial charge in [-0.05, 0) is 103 Å². The van der Waals surface area contributed by atoms with Crippen LogP contribution in [0.2, 0.25) is 0 Å². The number of ether oxygens (including phenoxy) is 5. The molecule has 0 fully saturated rings. The Hall–Kier alpha value is -9.34. The van der Waals surface area contributed by atoms with Crippen molar-refractivity contribution in [1.29, 1.82) is 0 Å². The number of amides is 6. The van der Waals surface area contributed by atoms with Crippen molar-refractivity contribution in [3.63, 3.8) is 0 Å². The molecule has 4 atom stereocenters. The van der Waals surface area contributed by atoms with Gasteiger partial charge in [-0.2, -0.15) is 0 Å². The van der Waals surface area contributed by atoms with Crippen molar-refractivity contribution in [2.45, 2.75) is 117 Å². The summed E-state index contributed by atoms with van der Waals surface area (Å²) >= 11 is 0. The average Bonchev–Trinajstić information content (AvgIpc) is 1.47. The van der Waals surface area contributed by atoms with E-state index < -0.39 is 64.9 Å². The van der Waals surface area contributed by atoms with Crippen molar-refractivity contribution < 1.29 is 66.7 Å². The first-order valence-corrected chi connectivity index (χ1v) is 30.1. The fraction of sp³-hybridized carbons (Fsp3) is 0.388. The molecule has 0 unspecified atom stereocenters. The van der Waals surface area contributed by atoms with Crippen LogP contribution in [0.25, 0.3) is 22.3 Å². The average molecular weight is 1230 g/mol. The third-order valence-corrected chi connectivity index (χ3v) is 16.6. The van der Waals surface area contributed by atoms with E-state index in [-0.39, 0.29) is 114 Å². The van der Waals surface area contributed by atoms with E-state index in [4.69, 9.17) is 28.7 Å². The number of pyridine rings is 2. The second-order valence-electron chi connectivity index (χ2n) is 22.9. The summed E-state index contributed by atoms with van der Waals surface area (Å²) in [6, 6.07) is 22.0. The SMILES string of the molecule is CC[C@@]1(O)C(=O)OCc2c1cc1n(c2=O)Cc2c-1nc1cc(F)c(C)c3c1c2[C@@H](NC(=O)OCc1ccc(NC(=O)[C@H](C)NC(=O)[C@@H](NC(=O)COCCOCCOCCNC(=O)CCC(=O)N2Cc4ccccc4C#Cc4ccccc42)C(C)C)cc1)CC3. The normalized spacial score (nSPS) is 16.5. The summed E-state index contributed by atoms with van der Waals surface area (Å²) in [7, 11) is 0. The number of fused-ring (bicyclic) bond motifs is 7. The number of nitrogens with one attached hydrogen (secondary N) is 5. The Labute approximate surface area is 518 Å². The van der Waals surface area contributed by atoms with Crippen LogP contribution in [0.5, 0.6) is 0 Å². The van der Waals surface area contributed by atoms with Crippen LogP contribution >= 0.6 is 0 Å². The Balaban J connectivity index is 0.613. The van der Waals surface area contributed by atoms with Crippen LogP contribution in [0.15, 0.2) is 89.7 Å². The Morgan fingerprint density at radius 2 is 1.53 bits per heavy atom. The number of nitrogens with zero attached hydrogens (tertiary/aromatic N) is 3. The molecule has 1 aliphatic carbocycles. The fourth-order valence-corrected chi connectivity index (χ4v) is 11.6. The molecular weight excluding hydrogens is 1160 g/mol. The molecule has 5 heterocycles. The van der Waals surface area contributed by atoms with Crippen molar-refractivity contribution in [2.75, 3.05) is 56.4 Å². The Bertz CT molecular complexity index is 3930. The zero-order valence-corrected chi connectivity index (χ0v) is 50.7. The van der Waals surface area contributed by atoms with Gasteiger partial charge in [0.2, 0.25) is 29.5 Å². The number of carbonyl (C=O) groups excluding carboxylic acids is 7. The lowest BCUT2D eigenvalue weighted by atomic mass is 9.81. The quantitative estimate of drug-likeness (QED) is 0.0233. The van der Waals surface area contributed by atoms with E-state index in [1.165, 1.54) is 17.6 Å². The molecule has 4 aliphatic rings. The standard InChI is InChI=1S/C67H71FN8O14/c1-6-67(85)49-31-54-61-47(34-76(54)64(82)48(49)36-89-65(67)83)59-51(22-21-46-39(4)50(68)32-52(72-61)58(46)59)73-66(84)90-35-41-15-19-45(20-16-41)71-62(80)40(5)70-63(81)60(38(2)3)74-56(78)37-88-30-29-87-28-27-86-26-25-69-55(77)23-24-57(79)75-33-44-13-8-7-11-42(44)17-18-43-12-9-10-14-53(43)75/h7-16,19-20,31-32,38,40,51,60,85H,6,21-30,33-37H2,1-5H3,(H,69,77)(H,70,81)(H,71,80)(H,73,84)(H,74,78)/t40-,51-,60-,67-/m0/s1. The second-order valence-corrected chi connectivity index (χ2v) is 22.9. The predicted molar refractivity (Wildman–Crippen MR) is 328 cm³/mol. The van der Waals surface area contributed by atoms with Crippen molar-refractivity contribution in [3.8, 4) is 23.2 Å². The summed E-state index contributed by atoms with van der Waals surface area (Å²) < 4.78 is 44.4. The van der Waals surface area contributed by atoms with E-state index in [0.29, 0.717) is 75.3 Å². The largest absolute Gasteiger partial charge is 0.458 e. The molecule has 0 radical (unpaired) electrons. The number of halogens is 1. The Morgan fingerprint density at radius 1 is 0.822 bits per heavy atom. The van der Waals surface area contributed by atoms with Gasteiger partial charge in [-0.15, -0.1) is 0 Å². The number of rotatable bonds is 24. The van der Waals surface area contributed by atoms with Gasteiger partial charge < -0.3 is 64.8 Å². The van der Waals surface area contributed by atoms with Crippen LogP contribution in [0.4, 0.5) is 20.6 Å². The van der Waals surface area contributed by atoms with Gasteiger partial charge in [0.15, 0.2) is 5.60 Å². The third-order valence-electron chi connectivity index (χ3n) is 16.6. The van der Waals surface area contributed by atoms with Gasteiger partial charge in [-0.3, -0.25) is 28.8 Å². The molecule has 0 bridgehead atoms. The highest BCUT2D eigenvalue weighted by Gasteiger charge is 2.46. The van der Waals surface area contributed by atoms with Gasteiger partial charge in [0.1, 0.15) is 37.7 Å². The van der Waals surface area contributed by atoms with Crippen LogP contribution in [0.3, 0.4) is 0 Å². The third kappa shape index (κ3) is 13.9. The van der Waals surface area contributed by atoms with Crippen LogP contribution in [0, 0.1) is 30.5 Å². The molecule has 3 aliphatic heterocycles. The van der Waals surface area contributed by atoms with E-state index in [1.807, 2.05) is 48.5 Å². The minimum atomic E-state index is -2.04. The molecule has 4 aromatic carbocycles. The van der Waals surface area contributed by atoms with E-state index in [2.05, 4.69) is 38.4 Å². The lowest BCUT2D eigenvalue weighted by molar-refractivity contribution is -0.172. The number of cyclic esters (lactones) is 1. The number of anilines is 2. The number of aryl methyl sites for hydroxylation is 1. The number of hydrogen-bond donors (Lipinski definition) is 6. The van der Waals surface area contributed by atoms with Crippen molar-refractivity contribution >= 4 is 63.9 Å². The molecule has 0 saturated carbocycles. The monoisotopic (exact) mass is 1230 g/mol. The molecule has 6 aromatic rings.